The van der Waals surface area contributed by atoms with Crippen LogP contribution in [0.15, 0.2) is 22.8 Å². The number of thioether (sulfide) groups is 1. The molecule has 0 spiro atoms. The van der Waals surface area contributed by atoms with E-state index in [-0.39, 0.29) is 35.7 Å². The maximum Gasteiger partial charge on any atom is 0.236 e. The zero-order valence-electron chi connectivity index (χ0n) is 15.8. The average Bonchev–Trinajstić information content (AvgIpc) is 3.35. The van der Waals surface area contributed by atoms with E-state index < -0.39 is 0 Å². The molecule has 4 rings (SSSR count). The molecule has 27 heavy (non-hydrogen) atoms. The van der Waals surface area contributed by atoms with E-state index in [1.807, 2.05) is 17.0 Å². The summed E-state index contributed by atoms with van der Waals surface area (Å²) >= 11 is 1.67. The Bertz CT molecular complexity index is 641. The minimum absolute atomic E-state index is 0.0699. The predicted octanol–water partition coefficient (Wildman–Crippen LogP) is 3.81. The molecule has 2 saturated heterocycles. The van der Waals surface area contributed by atoms with Gasteiger partial charge in [-0.15, -0.1) is 11.8 Å². The van der Waals surface area contributed by atoms with Gasteiger partial charge >= 0.3 is 0 Å². The van der Waals surface area contributed by atoms with Crippen LogP contribution in [0.1, 0.15) is 57.1 Å². The number of carbonyl (C=O) groups excluding carboxylic acids is 2. The molecule has 148 valence electrons. The zero-order valence-corrected chi connectivity index (χ0v) is 16.6. The normalized spacial score (nSPS) is 27.6. The summed E-state index contributed by atoms with van der Waals surface area (Å²) < 4.78 is 11.1. The molecule has 2 aliphatic heterocycles. The highest BCUT2D eigenvalue weighted by atomic mass is 32.2. The largest absolute Gasteiger partial charge is 0.468 e. The van der Waals surface area contributed by atoms with Crippen LogP contribution >= 0.6 is 11.8 Å². The highest BCUT2D eigenvalue weighted by Gasteiger charge is 2.45. The van der Waals surface area contributed by atoms with E-state index in [4.69, 9.17) is 9.15 Å². The van der Waals surface area contributed by atoms with Crippen molar-refractivity contribution in [1.82, 2.24) is 4.90 Å². The van der Waals surface area contributed by atoms with Crippen LogP contribution in [0.3, 0.4) is 0 Å². The van der Waals surface area contributed by atoms with Crippen LogP contribution < -0.4 is 0 Å². The number of carbonyl (C=O) groups is 2. The molecule has 3 fully saturated rings. The number of hydrogen-bond acceptors (Lipinski definition) is 5. The Balaban J connectivity index is 1.47. The number of ether oxygens (including phenoxy) is 1. The smallest absolute Gasteiger partial charge is 0.236 e. The van der Waals surface area contributed by atoms with Crippen LogP contribution in [0.4, 0.5) is 0 Å². The number of furan rings is 1. The standard InChI is InChI=1S/C21H29NO4S/c23-17-13-26-18-9-4-10-22(20(17)18)21(24)19(12-15-6-2-1-3-7-15)27-14-16-8-5-11-25-16/h5,8,11,15,18-20H,1-4,6-7,9-10,12-14H2/t18-,19?,20-/m0/s1. The summed E-state index contributed by atoms with van der Waals surface area (Å²) in [4.78, 5) is 27.7. The van der Waals surface area contributed by atoms with Gasteiger partial charge in [-0.1, -0.05) is 32.1 Å². The van der Waals surface area contributed by atoms with Crippen molar-refractivity contribution in [2.75, 3.05) is 13.2 Å². The van der Waals surface area contributed by atoms with E-state index in [9.17, 15) is 9.59 Å². The average molecular weight is 392 g/mol. The summed E-state index contributed by atoms with van der Waals surface area (Å²) in [7, 11) is 0. The summed E-state index contributed by atoms with van der Waals surface area (Å²) in [6.07, 6.45) is 10.6. The molecule has 0 bridgehead atoms. The van der Waals surface area contributed by atoms with Gasteiger partial charge in [0.25, 0.3) is 0 Å². The van der Waals surface area contributed by atoms with Crippen LogP contribution in [-0.2, 0) is 20.1 Å². The Labute approximate surface area is 165 Å². The van der Waals surface area contributed by atoms with Crippen molar-refractivity contribution in [3.05, 3.63) is 24.2 Å². The molecular formula is C21H29NO4S. The SMILES string of the molecule is O=C1CO[C@H]2CCCN(C(=O)C(CC3CCCCC3)SCc3ccco3)[C@@H]12. The number of hydrogen-bond donors (Lipinski definition) is 0. The summed E-state index contributed by atoms with van der Waals surface area (Å²) in [6.45, 7) is 0.837. The molecule has 3 atom stereocenters. The molecule has 0 radical (unpaired) electrons. The molecule has 5 nitrogen and oxygen atoms in total. The van der Waals surface area contributed by atoms with Crippen molar-refractivity contribution in [1.29, 1.82) is 0 Å². The van der Waals surface area contributed by atoms with Gasteiger partial charge in [0.1, 0.15) is 18.4 Å². The van der Waals surface area contributed by atoms with E-state index in [0.717, 1.165) is 25.0 Å². The topological polar surface area (TPSA) is 59.8 Å². The Morgan fingerprint density at radius 2 is 2.07 bits per heavy atom. The van der Waals surface area contributed by atoms with E-state index >= 15 is 0 Å². The van der Waals surface area contributed by atoms with Crippen LogP contribution in [0.5, 0.6) is 0 Å². The van der Waals surface area contributed by atoms with E-state index in [1.54, 1.807) is 18.0 Å². The Hall–Kier alpha value is -1.27. The maximum atomic E-state index is 13.5. The molecule has 1 unspecified atom stereocenters. The number of nitrogens with zero attached hydrogens (tertiary/aromatic N) is 1. The molecule has 0 N–H and O–H groups in total. The van der Waals surface area contributed by atoms with Gasteiger partial charge in [-0.25, -0.2) is 0 Å². The van der Waals surface area contributed by atoms with Crippen LogP contribution in [0, 0.1) is 5.92 Å². The lowest BCUT2D eigenvalue weighted by molar-refractivity contribution is -0.140. The fraction of sp³-hybridized carbons (Fsp3) is 0.714. The Morgan fingerprint density at radius 1 is 1.22 bits per heavy atom. The van der Waals surface area contributed by atoms with E-state index in [1.165, 1.54) is 32.1 Å². The third kappa shape index (κ3) is 4.43. The monoisotopic (exact) mass is 391 g/mol. The van der Waals surface area contributed by atoms with Gasteiger partial charge in [0.15, 0.2) is 5.78 Å². The van der Waals surface area contributed by atoms with Crippen LogP contribution in [0.2, 0.25) is 0 Å². The number of rotatable bonds is 6. The number of fused-ring (bicyclic) bond motifs is 1. The molecule has 1 saturated carbocycles. The molecule has 0 aromatic carbocycles. The van der Waals surface area contributed by atoms with Gasteiger partial charge in [-0.2, -0.15) is 0 Å². The first-order chi connectivity index (χ1) is 13.2. The molecular weight excluding hydrogens is 362 g/mol. The first-order valence-electron chi connectivity index (χ1n) is 10.3. The molecule has 1 aromatic rings. The lowest BCUT2D eigenvalue weighted by atomic mass is 9.85. The zero-order chi connectivity index (χ0) is 18.6. The second kappa shape index (κ2) is 8.82. The highest BCUT2D eigenvalue weighted by Crippen LogP contribution is 2.35. The Morgan fingerprint density at radius 3 is 2.85 bits per heavy atom. The van der Waals surface area contributed by atoms with Crippen molar-refractivity contribution < 1.29 is 18.7 Å². The number of ketones is 1. The fourth-order valence-corrected chi connectivity index (χ4v) is 5.98. The van der Waals surface area contributed by atoms with Crippen molar-refractivity contribution in [3.63, 3.8) is 0 Å². The second-order valence-electron chi connectivity index (χ2n) is 8.05. The minimum atomic E-state index is -0.357. The van der Waals surface area contributed by atoms with Crippen molar-refractivity contribution in [2.24, 2.45) is 5.92 Å². The second-order valence-corrected chi connectivity index (χ2v) is 9.24. The maximum absolute atomic E-state index is 13.5. The number of likely N-dealkylation sites (tertiary alicyclic amines) is 1. The van der Waals surface area contributed by atoms with Gasteiger partial charge in [0.05, 0.1) is 23.4 Å². The number of piperidine rings is 1. The molecule has 3 heterocycles. The molecule has 3 aliphatic rings. The summed E-state index contributed by atoms with van der Waals surface area (Å²) in [5, 5.41) is -0.106. The quantitative estimate of drug-likeness (QED) is 0.738. The minimum Gasteiger partial charge on any atom is -0.468 e. The first kappa shape index (κ1) is 19.1. The third-order valence-corrected chi connectivity index (χ3v) is 7.43. The van der Waals surface area contributed by atoms with Crippen molar-refractivity contribution in [3.8, 4) is 0 Å². The highest BCUT2D eigenvalue weighted by molar-refractivity contribution is 7.99. The summed E-state index contributed by atoms with van der Waals surface area (Å²) in [6, 6.07) is 3.49. The summed E-state index contributed by atoms with van der Waals surface area (Å²) in [5.41, 5.74) is 0. The van der Waals surface area contributed by atoms with Gasteiger partial charge in [0.2, 0.25) is 5.91 Å². The molecule has 1 amide bonds. The van der Waals surface area contributed by atoms with Gasteiger partial charge in [0, 0.05) is 6.54 Å². The molecule has 6 heteroatoms. The van der Waals surface area contributed by atoms with E-state index in [2.05, 4.69) is 0 Å². The summed E-state index contributed by atoms with van der Waals surface area (Å²) in [5.74, 6) is 2.42. The lowest BCUT2D eigenvalue weighted by Gasteiger charge is -2.38. The predicted molar refractivity (Wildman–Crippen MR) is 104 cm³/mol. The van der Waals surface area contributed by atoms with Crippen LogP contribution in [0.25, 0.3) is 0 Å². The number of amides is 1. The molecule has 1 aromatic heterocycles. The number of Topliss-reactive ketones (excluding diaryl/α,β-unsaturated/α-hetero) is 1. The van der Waals surface area contributed by atoms with Crippen molar-refractivity contribution >= 4 is 23.5 Å². The fourth-order valence-electron chi connectivity index (χ4n) is 4.77. The Kier molecular flexibility index (Phi) is 6.23. The molecule has 1 aliphatic carbocycles. The lowest BCUT2D eigenvalue weighted by Crippen LogP contribution is -2.54. The third-order valence-electron chi connectivity index (χ3n) is 6.18. The van der Waals surface area contributed by atoms with Crippen molar-refractivity contribution in [2.45, 2.75) is 74.5 Å². The first-order valence-corrected chi connectivity index (χ1v) is 11.4. The van der Waals surface area contributed by atoms with Crippen LogP contribution in [-0.4, -0.2) is 47.1 Å². The van der Waals surface area contributed by atoms with Gasteiger partial charge < -0.3 is 14.1 Å². The van der Waals surface area contributed by atoms with Gasteiger partial charge in [-0.05, 0) is 37.3 Å². The van der Waals surface area contributed by atoms with Gasteiger partial charge in [-0.3, -0.25) is 9.59 Å². The van der Waals surface area contributed by atoms with E-state index in [0.29, 0.717) is 18.2 Å².